The summed E-state index contributed by atoms with van der Waals surface area (Å²) < 4.78 is 26.4. The Balaban J connectivity index is 0.000000273. The standard InChI is InChI=1S/C17H14O4.C12H16ClNO3.ClH/c1-19-12-5-3-4-11(8-12)16-10-15(18)14-7-6-13(20-2)9-17(14)21-16;1-14(2)7-8-16-12(15)9-17-11-5-3-10(13)4-6-11;/h3-10H,1-2H3;3-6H,7-9H2,1-2H3;1H. The smallest absolute Gasteiger partial charge is 0.344 e. The van der Waals surface area contributed by atoms with Crippen molar-refractivity contribution in [1.29, 1.82) is 0 Å². The zero-order valence-corrected chi connectivity index (χ0v) is 23.7. The SMILES string of the molecule is CN(C)CCOC(=O)COc1ccc(Cl)cc1.COc1cccc(-c2cc(=O)c3ccc(OC)cc3o2)c1.Cl. The highest BCUT2D eigenvalue weighted by atomic mass is 35.5. The second kappa shape index (κ2) is 15.6. The van der Waals surface area contributed by atoms with Crippen LogP contribution in [0.1, 0.15) is 0 Å². The van der Waals surface area contributed by atoms with Gasteiger partial charge in [0.15, 0.2) is 12.0 Å². The van der Waals surface area contributed by atoms with Gasteiger partial charge in [-0.1, -0.05) is 23.7 Å². The monoisotopic (exact) mass is 575 g/mol. The average Bonchev–Trinajstić information content (AvgIpc) is 2.92. The third kappa shape index (κ3) is 9.83. The highest BCUT2D eigenvalue weighted by Gasteiger charge is 2.09. The number of hydrogen-bond acceptors (Lipinski definition) is 8. The summed E-state index contributed by atoms with van der Waals surface area (Å²) in [5, 5.41) is 1.16. The minimum absolute atomic E-state index is 0. The third-order valence-corrected chi connectivity index (χ3v) is 5.51. The zero-order chi connectivity index (χ0) is 27.5. The van der Waals surface area contributed by atoms with Crippen LogP contribution in [0.25, 0.3) is 22.3 Å². The maximum atomic E-state index is 12.2. The molecule has 0 saturated carbocycles. The largest absolute Gasteiger partial charge is 0.497 e. The van der Waals surface area contributed by atoms with Gasteiger partial charge in [-0.25, -0.2) is 4.79 Å². The van der Waals surface area contributed by atoms with Gasteiger partial charge in [0.1, 0.15) is 35.2 Å². The van der Waals surface area contributed by atoms with Crippen LogP contribution in [0, 0.1) is 0 Å². The number of carbonyl (C=O) groups excluding carboxylic acids is 1. The third-order valence-electron chi connectivity index (χ3n) is 5.26. The fourth-order valence-corrected chi connectivity index (χ4v) is 3.36. The Morgan fingerprint density at radius 1 is 0.897 bits per heavy atom. The van der Waals surface area contributed by atoms with Crippen LogP contribution >= 0.6 is 24.0 Å². The molecule has 0 spiro atoms. The molecule has 0 N–H and O–H groups in total. The van der Waals surface area contributed by atoms with Crippen molar-refractivity contribution < 1.29 is 28.2 Å². The summed E-state index contributed by atoms with van der Waals surface area (Å²) in [6, 6.07) is 20.8. The Morgan fingerprint density at radius 2 is 1.56 bits per heavy atom. The molecule has 208 valence electrons. The number of hydrogen-bond donors (Lipinski definition) is 0. The van der Waals surface area contributed by atoms with Crippen molar-refractivity contribution in [2.75, 3.05) is 48.1 Å². The lowest BCUT2D eigenvalue weighted by molar-refractivity contribution is -0.146. The average molecular weight is 576 g/mol. The molecular formula is C29H31Cl2NO7. The first-order valence-electron chi connectivity index (χ1n) is 11.7. The molecule has 0 saturated heterocycles. The van der Waals surface area contributed by atoms with E-state index >= 15 is 0 Å². The molecule has 0 atom stereocenters. The second-order valence-electron chi connectivity index (χ2n) is 8.34. The molecule has 3 aromatic carbocycles. The van der Waals surface area contributed by atoms with Crippen molar-refractivity contribution in [2.45, 2.75) is 0 Å². The van der Waals surface area contributed by atoms with Gasteiger partial charge < -0.3 is 28.3 Å². The number of nitrogens with zero attached hydrogens (tertiary/aromatic N) is 1. The molecule has 0 aliphatic heterocycles. The molecule has 4 aromatic rings. The molecule has 39 heavy (non-hydrogen) atoms. The summed E-state index contributed by atoms with van der Waals surface area (Å²) in [7, 11) is 7.00. The van der Waals surface area contributed by atoms with E-state index in [9.17, 15) is 9.59 Å². The van der Waals surface area contributed by atoms with Gasteiger partial charge in [0.25, 0.3) is 0 Å². The molecule has 0 aliphatic carbocycles. The predicted octanol–water partition coefficient (Wildman–Crippen LogP) is 5.72. The molecule has 0 aliphatic rings. The van der Waals surface area contributed by atoms with E-state index in [1.807, 2.05) is 43.3 Å². The van der Waals surface area contributed by atoms with Crippen molar-refractivity contribution in [3.8, 4) is 28.6 Å². The maximum absolute atomic E-state index is 12.2. The first-order valence-corrected chi connectivity index (χ1v) is 12.1. The predicted molar refractivity (Wildman–Crippen MR) is 155 cm³/mol. The summed E-state index contributed by atoms with van der Waals surface area (Å²) in [5.74, 6) is 2.08. The summed E-state index contributed by atoms with van der Waals surface area (Å²) in [5.41, 5.74) is 1.20. The molecule has 0 radical (unpaired) electrons. The van der Waals surface area contributed by atoms with E-state index in [-0.39, 0.29) is 30.4 Å². The minimum atomic E-state index is -0.373. The Hall–Kier alpha value is -3.72. The van der Waals surface area contributed by atoms with Crippen molar-refractivity contribution in [3.63, 3.8) is 0 Å². The molecular weight excluding hydrogens is 545 g/mol. The minimum Gasteiger partial charge on any atom is -0.497 e. The summed E-state index contributed by atoms with van der Waals surface area (Å²) in [6.07, 6.45) is 0. The van der Waals surface area contributed by atoms with Gasteiger partial charge in [0.05, 0.1) is 19.6 Å². The van der Waals surface area contributed by atoms with Gasteiger partial charge in [0, 0.05) is 29.3 Å². The molecule has 1 aromatic heterocycles. The topological polar surface area (TPSA) is 87.4 Å². The van der Waals surface area contributed by atoms with Gasteiger partial charge >= 0.3 is 5.97 Å². The van der Waals surface area contributed by atoms with E-state index in [4.69, 9.17) is 35.0 Å². The number of carbonyl (C=O) groups is 1. The Bertz CT molecular complexity index is 1410. The van der Waals surface area contributed by atoms with Gasteiger partial charge in [-0.3, -0.25) is 4.79 Å². The molecule has 1 heterocycles. The Morgan fingerprint density at radius 3 is 2.23 bits per heavy atom. The number of ether oxygens (including phenoxy) is 4. The van der Waals surface area contributed by atoms with Gasteiger partial charge in [0.2, 0.25) is 0 Å². The van der Waals surface area contributed by atoms with E-state index in [2.05, 4.69) is 0 Å². The second-order valence-corrected chi connectivity index (χ2v) is 8.77. The van der Waals surface area contributed by atoms with E-state index in [1.165, 1.54) is 6.07 Å². The van der Waals surface area contributed by atoms with E-state index < -0.39 is 0 Å². The summed E-state index contributed by atoms with van der Waals surface area (Å²) >= 11 is 5.72. The van der Waals surface area contributed by atoms with Gasteiger partial charge in [-0.05, 0) is 62.6 Å². The lowest BCUT2D eigenvalue weighted by Crippen LogP contribution is -2.22. The van der Waals surface area contributed by atoms with Crippen LogP contribution in [-0.4, -0.2) is 58.9 Å². The van der Waals surface area contributed by atoms with E-state index in [0.717, 1.165) is 5.56 Å². The van der Waals surface area contributed by atoms with Crippen LogP contribution in [-0.2, 0) is 9.53 Å². The van der Waals surface area contributed by atoms with Crippen molar-refractivity contribution in [3.05, 3.63) is 88.0 Å². The van der Waals surface area contributed by atoms with Crippen LogP contribution < -0.4 is 19.6 Å². The Kier molecular flexibility index (Phi) is 12.6. The van der Waals surface area contributed by atoms with Crippen molar-refractivity contribution in [1.82, 2.24) is 4.90 Å². The molecule has 0 fully saturated rings. The number of likely N-dealkylation sites (N-methyl/N-ethyl adjacent to an activating group) is 1. The number of esters is 1. The normalized spacial score (nSPS) is 10.2. The first-order chi connectivity index (χ1) is 18.3. The highest BCUT2D eigenvalue weighted by molar-refractivity contribution is 6.30. The number of benzene rings is 3. The highest BCUT2D eigenvalue weighted by Crippen LogP contribution is 2.27. The number of rotatable bonds is 9. The van der Waals surface area contributed by atoms with Crippen molar-refractivity contribution in [2.24, 2.45) is 0 Å². The molecule has 0 unspecified atom stereocenters. The van der Waals surface area contributed by atoms with Crippen LogP contribution in [0.2, 0.25) is 5.02 Å². The first kappa shape index (κ1) is 31.5. The van der Waals surface area contributed by atoms with E-state index in [0.29, 0.717) is 52.2 Å². The molecule has 10 heteroatoms. The number of fused-ring (bicyclic) bond motifs is 1. The fourth-order valence-electron chi connectivity index (χ4n) is 3.24. The van der Waals surface area contributed by atoms with E-state index in [1.54, 1.807) is 56.7 Å². The maximum Gasteiger partial charge on any atom is 0.344 e. The quantitative estimate of drug-likeness (QED) is 0.234. The van der Waals surface area contributed by atoms with Crippen molar-refractivity contribution >= 4 is 40.9 Å². The number of halogens is 2. The molecule has 0 amide bonds. The lowest BCUT2D eigenvalue weighted by Gasteiger charge is -2.10. The molecule has 0 bridgehead atoms. The summed E-state index contributed by atoms with van der Waals surface area (Å²) in [6.45, 7) is 0.984. The lowest BCUT2D eigenvalue weighted by atomic mass is 10.1. The van der Waals surface area contributed by atoms with Crippen LogP contribution in [0.4, 0.5) is 0 Å². The fraction of sp³-hybridized carbons (Fsp3) is 0.241. The van der Waals surface area contributed by atoms with Gasteiger partial charge in [-0.15, -0.1) is 12.4 Å². The Labute approximate surface area is 238 Å². The summed E-state index contributed by atoms with van der Waals surface area (Å²) in [4.78, 5) is 25.4. The van der Waals surface area contributed by atoms with Crippen LogP contribution in [0.3, 0.4) is 0 Å². The number of methoxy groups -OCH3 is 2. The van der Waals surface area contributed by atoms with Gasteiger partial charge in [-0.2, -0.15) is 0 Å². The van der Waals surface area contributed by atoms with Crippen LogP contribution in [0.15, 0.2) is 82.0 Å². The van der Waals surface area contributed by atoms with Crippen LogP contribution in [0.5, 0.6) is 17.2 Å². The molecule has 8 nitrogen and oxygen atoms in total. The molecule has 4 rings (SSSR count). The zero-order valence-electron chi connectivity index (χ0n) is 22.1.